The van der Waals surface area contributed by atoms with Gasteiger partial charge in [0.1, 0.15) is 12.1 Å². The number of aliphatic hydroxyl groups is 4. The van der Waals surface area contributed by atoms with Gasteiger partial charge in [0.25, 0.3) is 0 Å². The molecule has 3 atom stereocenters. The van der Waals surface area contributed by atoms with Crippen molar-refractivity contribution in [2.24, 2.45) is 0 Å². The second kappa shape index (κ2) is 7.45. The van der Waals surface area contributed by atoms with Gasteiger partial charge in [0.15, 0.2) is 0 Å². The third-order valence-electron chi connectivity index (χ3n) is 5.74. The minimum absolute atomic E-state index is 0.235. The maximum absolute atomic E-state index is 14.1. The minimum Gasteiger partial charge on any atom is -0.394 e. The monoisotopic (exact) mass is 434 g/mol. The largest absolute Gasteiger partial charge is 0.425 e. The van der Waals surface area contributed by atoms with E-state index in [4.69, 9.17) is 0 Å². The predicted octanol–water partition coefficient (Wildman–Crippen LogP) is 2.52. The zero-order chi connectivity index (χ0) is 22.6. The Balaban J connectivity index is 1.95. The average Bonchev–Trinajstić information content (AvgIpc) is 3.30. The van der Waals surface area contributed by atoms with Gasteiger partial charge in [-0.2, -0.15) is 18.3 Å². The standard InChI is InChI=1S/C22H21F3N2O4/c1-12-6-15(13-8-26-27(9-13)18(10-28)19(30)11-29)20-14-4-2-3-5-16(14)21(31,17(20)7-12)22(23,24)25/h2-9,18-19,28-31H,10-11H2,1H3. The Kier molecular flexibility index (Phi) is 5.17. The molecule has 164 valence electrons. The van der Waals surface area contributed by atoms with Crippen LogP contribution in [0, 0.1) is 6.92 Å². The van der Waals surface area contributed by atoms with Crippen molar-refractivity contribution in [3.05, 3.63) is 65.5 Å². The van der Waals surface area contributed by atoms with E-state index >= 15 is 0 Å². The number of hydrogen-bond acceptors (Lipinski definition) is 5. The van der Waals surface area contributed by atoms with Gasteiger partial charge in [-0.1, -0.05) is 42.0 Å². The van der Waals surface area contributed by atoms with Gasteiger partial charge in [0.2, 0.25) is 5.60 Å². The smallest absolute Gasteiger partial charge is 0.394 e. The molecule has 0 spiro atoms. The molecule has 0 saturated heterocycles. The average molecular weight is 434 g/mol. The van der Waals surface area contributed by atoms with Crippen LogP contribution in [0.2, 0.25) is 0 Å². The molecule has 4 rings (SSSR count). The van der Waals surface area contributed by atoms with Gasteiger partial charge in [-0.05, 0) is 23.6 Å². The lowest BCUT2D eigenvalue weighted by atomic mass is 9.88. The minimum atomic E-state index is -4.93. The van der Waals surface area contributed by atoms with E-state index in [-0.39, 0.29) is 22.3 Å². The highest BCUT2D eigenvalue weighted by Gasteiger charge is 2.61. The van der Waals surface area contributed by atoms with Crippen LogP contribution >= 0.6 is 0 Å². The number of aliphatic hydroxyl groups excluding tert-OH is 3. The summed E-state index contributed by atoms with van der Waals surface area (Å²) in [6.07, 6.45) is -3.30. The number of fused-ring (bicyclic) bond motifs is 3. The van der Waals surface area contributed by atoms with Crippen LogP contribution < -0.4 is 0 Å². The second-order valence-corrected chi connectivity index (χ2v) is 7.70. The van der Waals surface area contributed by atoms with Gasteiger partial charge < -0.3 is 20.4 Å². The Hall–Kier alpha value is -2.72. The Morgan fingerprint density at radius 2 is 1.77 bits per heavy atom. The van der Waals surface area contributed by atoms with Crippen LogP contribution in [0.5, 0.6) is 0 Å². The Morgan fingerprint density at radius 3 is 2.42 bits per heavy atom. The molecule has 31 heavy (non-hydrogen) atoms. The van der Waals surface area contributed by atoms with Crippen molar-refractivity contribution in [3.63, 3.8) is 0 Å². The zero-order valence-electron chi connectivity index (χ0n) is 16.5. The maximum atomic E-state index is 14.1. The first kappa shape index (κ1) is 21.5. The van der Waals surface area contributed by atoms with Crippen molar-refractivity contribution >= 4 is 0 Å². The van der Waals surface area contributed by atoms with E-state index in [1.807, 2.05) is 0 Å². The fraction of sp³-hybridized carbons (Fsp3) is 0.318. The molecular weight excluding hydrogens is 413 g/mol. The van der Waals surface area contributed by atoms with Crippen molar-refractivity contribution < 1.29 is 33.6 Å². The Labute approximate surface area is 175 Å². The Morgan fingerprint density at radius 1 is 1.06 bits per heavy atom. The van der Waals surface area contributed by atoms with Crippen LogP contribution in [-0.2, 0) is 5.60 Å². The molecule has 1 aliphatic rings. The number of aromatic nitrogens is 2. The molecule has 9 heteroatoms. The number of nitrogens with zero attached hydrogens (tertiary/aromatic N) is 2. The quantitative estimate of drug-likeness (QED) is 0.495. The van der Waals surface area contributed by atoms with Crippen molar-refractivity contribution in [3.8, 4) is 22.3 Å². The lowest BCUT2D eigenvalue weighted by Crippen LogP contribution is -2.41. The molecule has 0 aliphatic heterocycles. The molecular formula is C22H21F3N2O4. The third kappa shape index (κ3) is 3.16. The fourth-order valence-corrected chi connectivity index (χ4v) is 4.22. The summed E-state index contributed by atoms with van der Waals surface area (Å²) in [6, 6.07) is 7.98. The molecule has 6 nitrogen and oxygen atoms in total. The molecule has 1 heterocycles. The van der Waals surface area contributed by atoms with Crippen molar-refractivity contribution in [1.29, 1.82) is 0 Å². The highest BCUT2D eigenvalue weighted by molar-refractivity contribution is 5.92. The summed E-state index contributed by atoms with van der Waals surface area (Å²) in [6.45, 7) is 0.553. The lowest BCUT2D eigenvalue weighted by Gasteiger charge is -2.28. The van der Waals surface area contributed by atoms with Crippen molar-refractivity contribution in [2.75, 3.05) is 13.2 Å². The van der Waals surface area contributed by atoms with Gasteiger partial charge >= 0.3 is 6.18 Å². The Bertz CT molecular complexity index is 1130. The zero-order valence-corrected chi connectivity index (χ0v) is 16.5. The number of alkyl halides is 3. The summed E-state index contributed by atoms with van der Waals surface area (Å²) in [5.74, 6) is 0. The third-order valence-corrected chi connectivity index (χ3v) is 5.74. The van der Waals surface area contributed by atoms with Gasteiger partial charge in [0, 0.05) is 22.9 Å². The van der Waals surface area contributed by atoms with Gasteiger partial charge in [-0.15, -0.1) is 0 Å². The van der Waals surface area contributed by atoms with Crippen LogP contribution in [-0.4, -0.2) is 55.7 Å². The SMILES string of the molecule is Cc1cc(-c2cnn(C(CO)C(O)CO)c2)c2c(c1)C(O)(C(F)(F)F)c1ccccc1-2. The van der Waals surface area contributed by atoms with Crippen molar-refractivity contribution in [2.45, 2.75) is 30.8 Å². The highest BCUT2D eigenvalue weighted by atomic mass is 19.4. The molecule has 0 bridgehead atoms. The summed E-state index contributed by atoms with van der Waals surface area (Å²) in [7, 11) is 0. The van der Waals surface area contributed by atoms with Gasteiger partial charge in [-0.3, -0.25) is 4.68 Å². The summed E-state index contributed by atoms with van der Waals surface area (Å²) in [4.78, 5) is 0. The summed E-state index contributed by atoms with van der Waals surface area (Å²) >= 11 is 0. The number of benzene rings is 2. The van der Waals surface area contributed by atoms with E-state index < -0.39 is 37.1 Å². The molecule has 2 aromatic carbocycles. The van der Waals surface area contributed by atoms with Crippen LogP contribution in [0.15, 0.2) is 48.8 Å². The van der Waals surface area contributed by atoms with Crippen molar-refractivity contribution in [1.82, 2.24) is 9.78 Å². The molecule has 1 aliphatic carbocycles. The summed E-state index contributed by atoms with van der Waals surface area (Å²) < 4.78 is 43.6. The van der Waals surface area contributed by atoms with Crippen LogP contribution in [0.4, 0.5) is 13.2 Å². The van der Waals surface area contributed by atoms with Gasteiger partial charge in [0.05, 0.1) is 19.4 Å². The number of halogens is 3. The first-order chi connectivity index (χ1) is 14.6. The first-order valence-corrected chi connectivity index (χ1v) is 9.62. The second-order valence-electron chi connectivity index (χ2n) is 7.70. The number of hydrogen-bond donors (Lipinski definition) is 4. The molecule has 3 unspecified atom stereocenters. The van der Waals surface area contributed by atoms with Gasteiger partial charge in [-0.25, -0.2) is 0 Å². The molecule has 3 aromatic rings. The van der Waals surface area contributed by atoms with E-state index in [9.17, 15) is 33.6 Å². The predicted molar refractivity (Wildman–Crippen MR) is 106 cm³/mol. The van der Waals surface area contributed by atoms with E-state index in [1.165, 1.54) is 41.3 Å². The van der Waals surface area contributed by atoms with Crippen LogP contribution in [0.3, 0.4) is 0 Å². The fourth-order valence-electron chi connectivity index (χ4n) is 4.22. The molecule has 0 amide bonds. The van der Waals surface area contributed by atoms with E-state index in [0.29, 0.717) is 16.7 Å². The van der Waals surface area contributed by atoms with Crippen LogP contribution in [0.1, 0.15) is 22.7 Å². The van der Waals surface area contributed by atoms with E-state index in [0.717, 1.165) is 0 Å². The lowest BCUT2D eigenvalue weighted by molar-refractivity contribution is -0.246. The van der Waals surface area contributed by atoms with Crippen LogP contribution in [0.25, 0.3) is 22.3 Å². The molecule has 0 fully saturated rings. The van der Waals surface area contributed by atoms with E-state index in [2.05, 4.69) is 5.10 Å². The van der Waals surface area contributed by atoms with E-state index in [1.54, 1.807) is 19.1 Å². The highest BCUT2D eigenvalue weighted by Crippen LogP contribution is 2.57. The topological polar surface area (TPSA) is 98.7 Å². The number of aryl methyl sites for hydroxylation is 1. The summed E-state index contributed by atoms with van der Waals surface area (Å²) in [5, 5.41) is 43.7. The molecule has 0 saturated carbocycles. The normalized spacial score (nSPS) is 19.7. The summed E-state index contributed by atoms with van der Waals surface area (Å²) in [5.41, 5.74) is -1.70. The molecule has 4 N–H and O–H groups in total. The number of rotatable bonds is 5. The maximum Gasteiger partial charge on any atom is 0.425 e. The molecule has 1 aromatic heterocycles. The first-order valence-electron chi connectivity index (χ1n) is 9.62. The molecule has 0 radical (unpaired) electrons.